The third-order valence-corrected chi connectivity index (χ3v) is 4.29. The lowest BCUT2D eigenvalue weighted by Gasteiger charge is -2.31. The number of nitrogens with two attached hydrogens (primary N) is 1. The lowest BCUT2D eigenvalue weighted by molar-refractivity contribution is -0.384. The summed E-state index contributed by atoms with van der Waals surface area (Å²) in [4.78, 5) is 24.4. The van der Waals surface area contributed by atoms with Crippen molar-refractivity contribution < 1.29 is 9.72 Å². The molecular formula is C13H17BrClN3O3. The number of piperidine rings is 1. The van der Waals surface area contributed by atoms with Crippen molar-refractivity contribution in [3.63, 3.8) is 0 Å². The highest BCUT2D eigenvalue weighted by Crippen LogP contribution is 2.26. The summed E-state index contributed by atoms with van der Waals surface area (Å²) in [5, 5.41) is 10.7. The molecule has 1 saturated heterocycles. The standard InChI is InChI=1S/C13H16BrN3O3.ClH/c14-12-7-10(17(19)20)1-2-11(12)13(18)16-5-3-9(8-15)4-6-16;/h1-2,7,9H,3-6,8,15H2;1H. The first-order chi connectivity index (χ1) is 9.52. The van der Waals surface area contributed by atoms with Gasteiger partial charge in [-0.1, -0.05) is 0 Å². The normalized spacial score (nSPS) is 15.4. The van der Waals surface area contributed by atoms with Gasteiger partial charge in [-0.15, -0.1) is 12.4 Å². The number of nitro groups is 1. The van der Waals surface area contributed by atoms with E-state index in [9.17, 15) is 14.9 Å². The van der Waals surface area contributed by atoms with Gasteiger partial charge in [0.05, 0.1) is 10.5 Å². The van der Waals surface area contributed by atoms with E-state index in [4.69, 9.17) is 5.73 Å². The fourth-order valence-corrected chi connectivity index (χ4v) is 2.87. The summed E-state index contributed by atoms with van der Waals surface area (Å²) < 4.78 is 0.456. The zero-order chi connectivity index (χ0) is 14.7. The number of rotatable bonds is 3. The Bertz CT molecular complexity index is 533. The number of carbonyl (C=O) groups is 1. The van der Waals surface area contributed by atoms with Gasteiger partial charge in [0.15, 0.2) is 0 Å². The van der Waals surface area contributed by atoms with Crippen molar-refractivity contribution in [2.24, 2.45) is 11.7 Å². The number of benzene rings is 1. The van der Waals surface area contributed by atoms with Gasteiger partial charge in [-0.3, -0.25) is 14.9 Å². The van der Waals surface area contributed by atoms with Gasteiger partial charge in [0.25, 0.3) is 11.6 Å². The maximum Gasteiger partial charge on any atom is 0.270 e. The highest BCUT2D eigenvalue weighted by Gasteiger charge is 2.24. The molecule has 1 aliphatic rings. The largest absolute Gasteiger partial charge is 0.339 e. The van der Waals surface area contributed by atoms with Crippen molar-refractivity contribution in [1.29, 1.82) is 0 Å². The fourth-order valence-electron chi connectivity index (χ4n) is 2.33. The Morgan fingerprint density at radius 2 is 2.05 bits per heavy atom. The number of halogens is 2. The van der Waals surface area contributed by atoms with Crippen LogP contribution in [0.2, 0.25) is 0 Å². The Morgan fingerprint density at radius 3 is 2.52 bits per heavy atom. The average Bonchev–Trinajstić information content (AvgIpc) is 2.46. The molecule has 1 aromatic carbocycles. The van der Waals surface area contributed by atoms with Crippen molar-refractivity contribution in [1.82, 2.24) is 4.90 Å². The molecule has 0 spiro atoms. The molecule has 0 unspecified atom stereocenters. The van der Waals surface area contributed by atoms with E-state index in [1.807, 2.05) is 0 Å². The molecule has 1 heterocycles. The minimum absolute atomic E-state index is 0. The van der Waals surface area contributed by atoms with Crippen LogP contribution in [0.15, 0.2) is 22.7 Å². The molecule has 6 nitrogen and oxygen atoms in total. The topological polar surface area (TPSA) is 89.5 Å². The molecule has 1 amide bonds. The van der Waals surface area contributed by atoms with Crippen molar-refractivity contribution in [3.8, 4) is 0 Å². The molecule has 0 bridgehead atoms. The van der Waals surface area contributed by atoms with Crippen LogP contribution >= 0.6 is 28.3 Å². The predicted molar refractivity (Wildman–Crippen MR) is 85.7 cm³/mol. The molecule has 2 rings (SSSR count). The zero-order valence-electron chi connectivity index (χ0n) is 11.3. The van der Waals surface area contributed by atoms with Crippen molar-refractivity contribution >= 4 is 39.9 Å². The van der Waals surface area contributed by atoms with Gasteiger partial charge in [-0.2, -0.15) is 0 Å². The quantitative estimate of drug-likeness (QED) is 0.646. The highest BCUT2D eigenvalue weighted by molar-refractivity contribution is 9.10. The molecule has 1 fully saturated rings. The smallest absolute Gasteiger partial charge is 0.270 e. The second-order valence-corrected chi connectivity index (χ2v) is 5.75. The minimum atomic E-state index is -0.480. The number of non-ortho nitro benzene ring substituents is 1. The van der Waals surface area contributed by atoms with E-state index in [2.05, 4.69) is 15.9 Å². The van der Waals surface area contributed by atoms with E-state index in [-0.39, 0.29) is 24.0 Å². The van der Waals surface area contributed by atoms with Crippen molar-refractivity contribution in [2.45, 2.75) is 12.8 Å². The Balaban J connectivity index is 0.00000220. The molecule has 0 atom stereocenters. The van der Waals surface area contributed by atoms with Gasteiger partial charge >= 0.3 is 0 Å². The highest BCUT2D eigenvalue weighted by atomic mass is 79.9. The first-order valence-corrected chi connectivity index (χ1v) is 7.25. The van der Waals surface area contributed by atoms with E-state index in [0.717, 1.165) is 12.8 Å². The van der Waals surface area contributed by atoms with E-state index >= 15 is 0 Å². The second-order valence-electron chi connectivity index (χ2n) is 4.89. The number of amides is 1. The van der Waals surface area contributed by atoms with Gasteiger partial charge in [0, 0.05) is 29.7 Å². The van der Waals surface area contributed by atoms with Crippen LogP contribution in [0.4, 0.5) is 5.69 Å². The average molecular weight is 379 g/mol. The Labute approximate surface area is 137 Å². The third-order valence-electron chi connectivity index (χ3n) is 3.63. The molecule has 0 aliphatic carbocycles. The molecule has 21 heavy (non-hydrogen) atoms. The SMILES string of the molecule is Cl.NCC1CCN(C(=O)c2ccc([N+](=O)[O-])cc2Br)CC1. The molecular weight excluding hydrogens is 362 g/mol. The van der Waals surface area contributed by atoms with Crippen LogP contribution in [0.3, 0.4) is 0 Å². The summed E-state index contributed by atoms with van der Waals surface area (Å²) in [6.07, 6.45) is 1.82. The zero-order valence-corrected chi connectivity index (χ0v) is 13.7. The van der Waals surface area contributed by atoms with Gasteiger partial charge in [-0.25, -0.2) is 0 Å². The molecule has 116 valence electrons. The molecule has 8 heteroatoms. The summed E-state index contributed by atoms with van der Waals surface area (Å²) in [6.45, 7) is 2.03. The van der Waals surface area contributed by atoms with E-state index in [1.54, 1.807) is 4.90 Å². The summed E-state index contributed by atoms with van der Waals surface area (Å²) in [5.74, 6) is 0.390. The van der Waals surface area contributed by atoms with Crippen molar-refractivity contribution in [3.05, 3.63) is 38.3 Å². The summed E-state index contributed by atoms with van der Waals surface area (Å²) >= 11 is 3.24. The summed E-state index contributed by atoms with van der Waals surface area (Å²) in [7, 11) is 0. The van der Waals surface area contributed by atoms with Gasteiger partial charge < -0.3 is 10.6 Å². The molecule has 0 aromatic heterocycles. The fraction of sp³-hybridized carbons (Fsp3) is 0.462. The first-order valence-electron chi connectivity index (χ1n) is 6.46. The lowest BCUT2D eigenvalue weighted by atomic mass is 9.96. The van der Waals surface area contributed by atoms with Gasteiger partial charge in [0.2, 0.25) is 0 Å². The van der Waals surface area contributed by atoms with Crippen LogP contribution in [0.1, 0.15) is 23.2 Å². The first kappa shape index (κ1) is 17.9. The minimum Gasteiger partial charge on any atom is -0.339 e. The van der Waals surface area contributed by atoms with Gasteiger partial charge in [-0.05, 0) is 47.3 Å². The maximum absolute atomic E-state index is 12.4. The van der Waals surface area contributed by atoms with E-state index in [1.165, 1.54) is 18.2 Å². The van der Waals surface area contributed by atoms with Crippen LogP contribution in [0.25, 0.3) is 0 Å². The Kier molecular flexibility index (Phi) is 6.57. The van der Waals surface area contributed by atoms with Crippen LogP contribution in [-0.2, 0) is 0 Å². The number of nitrogens with zero attached hydrogens (tertiary/aromatic N) is 2. The molecule has 1 aromatic rings. The van der Waals surface area contributed by atoms with Crippen molar-refractivity contribution in [2.75, 3.05) is 19.6 Å². The summed E-state index contributed by atoms with van der Waals surface area (Å²) in [5.41, 5.74) is 6.06. The number of hydrogen-bond donors (Lipinski definition) is 1. The third kappa shape index (κ3) is 4.15. The molecule has 1 aliphatic heterocycles. The van der Waals surface area contributed by atoms with Crippen LogP contribution in [0, 0.1) is 16.0 Å². The Hall–Kier alpha value is -1.18. The number of hydrogen-bond acceptors (Lipinski definition) is 4. The number of carbonyl (C=O) groups excluding carboxylic acids is 1. The molecule has 0 saturated carbocycles. The van der Waals surface area contributed by atoms with Gasteiger partial charge in [0.1, 0.15) is 0 Å². The van der Waals surface area contributed by atoms with Crippen LogP contribution in [-0.4, -0.2) is 35.4 Å². The second kappa shape index (κ2) is 7.72. The molecule has 0 radical (unpaired) electrons. The Morgan fingerprint density at radius 1 is 1.43 bits per heavy atom. The van der Waals surface area contributed by atoms with E-state index < -0.39 is 4.92 Å². The monoisotopic (exact) mass is 377 g/mol. The number of nitro benzene ring substituents is 1. The predicted octanol–water partition coefficient (Wildman–Crippen LogP) is 2.59. The van der Waals surface area contributed by atoms with Crippen LogP contribution in [0.5, 0.6) is 0 Å². The lowest BCUT2D eigenvalue weighted by Crippen LogP contribution is -2.40. The number of likely N-dealkylation sites (tertiary alicyclic amines) is 1. The van der Waals surface area contributed by atoms with E-state index in [0.29, 0.717) is 35.6 Å². The maximum atomic E-state index is 12.4. The van der Waals surface area contributed by atoms with Crippen LogP contribution < -0.4 is 5.73 Å². The molecule has 2 N–H and O–H groups in total. The summed E-state index contributed by atoms with van der Waals surface area (Å²) in [6, 6.07) is 4.21.